The van der Waals surface area contributed by atoms with Crippen LogP contribution in [0.1, 0.15) is 29.5 Å². The van der Waals surface area contributed by atoms with Gasteiger partial charge in [-0.25, -0.2) is 4.98 Å². The molecule has 0 amide bonds. The molecule has 0 spiro atoms. The largest absolute Gasteiger partial charge is 0.321 e. The molecule has 1 aromatic carbocycles. The van der Waals surface area contributed by atoms with Crippen molar-refractivity contribution in [1.29, 1.82) is 0 Å². The predicted molar refractivity (Wildman–Crippen MR) is 84.9 cm³/mol. The molecule has 1 unspecified atom stereocenters. The van der Waals surface area contributed by atoms with Crippen LogP contribution < -0.4 is 0 Å². The summed E-state index contributed by atoms with van der Waals surface area (Å²) in [5.41, 5.74) is 3.47. The van der Waals surface area contributed by atoms with E-state index in [2.05, 4.69) is 15.0 Å². The van der Waals surface area contributed by atoms with Crippen molar-refractivity contribution in [3.05, 3.63) is 52.8 Å². The van der Waals surface area contributed by atoms with Crippen molar-refractivity contribution < 1.29 is 0 Å². The van der Waals surface area contributed by atoms with E-state index in [1.807, 2.05) is 36.6 Å². The van der Waals surface area contributed by atoms with Crippen molar-refractivity contribution in [2.45, 2.75) is 25.8 Å². The Hall–Kier alpha value is -1.65. The van der Waals surface area contributed by atoms with Crippen LogP contribution in [0.2, 0.25) is 5.02 Å². The third-order valence-electron chi connectivity index (χ3n) is 3.27. The van der Waals surface area contributed by atoms with Crippen LogP contribution in [0.15, 0.2) is 30.6 Å². The van der Waals surface area contributed by atoms with Crippen molar-refractivity contribution in [3.8, 4) is 0 Å². The molecule has 2 aromatic heterocycles. The molecule has 0 aliphatic rings. The molecule has 108 valence electrons. The fourth-order valence-corrected chi connectivity index (χ4v) is 2.64. The molecule has 4 nitrogen and oxygen atoms in total. The van der Waals surface area contributed by atoms with E-state index >= 15 is 0 Å². The molecule has 0 radical (unpaired) electrons. The summed E-state index contributed by atoms with van der Waals surface area (Å²) in [6.07, 6.45) is 3.53. The highest BCUT2D eigenvalue weighted by molar-refractivity contribution is 6.35. The maximum atomic E-state index is 6.26. The smallest absolute Gasteiger partial charge is 0.128 e. The van der Waals surface area contributed by atoms with Crippen molar-refractivity contribution in [1.82, 2.24) is 19.5 Å². The van der Waals surface area contributed by atoms with E-state index in [1.165, 1.54) is 0 Å². The molecule has 3 rings (SSSR count). The molecule has 0 bridgehead atoms. The van der Waals surface area contributed by atoms with Gasteiger partial charge in [0.2, 0.25) is 0 Å². The molecule has 2 heterocycles. The van der Waals surface area contributed by atoms with Gasteiger partial charge in [-0.15, -0.1) is 11.6 Å². The van der Waals surface area contributed by atoms with Crippen LogP contribution in [-0.2, 0) is 6.54 Å². The van der Waals surface area contributed by atoms with Gasteiger partial charge in [-0.05, 0) is 26.0 Å². The van der Waals surface area contributed by atoms with Crippen molar-refractivity contribution >= 4 is 34.2 Å². The van der Waals surface area contributed by atoms with Crippen LogP contribution in [0.4, 0.5) is 0 Å². The number of nitrogens with zero attached hydrogens (tertiary/aromatic N) is 4. The van der Waals surface area contributed by atoms with E-state index in [0.717, 1.165) is 28.2 Å². The normalized spacial score (nSPS) is 12.8. The maximum Gasteiger partial charge on any atom is 0.128 e. The Kier molecular flexibility index (Phi) is 3.83. The molecule has 0 aliphatic heterocycles. The molecule has 1 atom stereocenters. The monoisotopic (exact) mass is 320 g/mol. The second-order valence-electron chi connectivity index (χ2n) is 4.93. The van der Waals surface area contributed by atoms with Gasteiger partial charge >= 0.3 is 0 Å². The topological polar surface area (TPSA) is 43.6 Å². The van der Waals surface area contributed by atoms with Gasteiger partial charge in [0, 0.05) is 6.20 Å². The summed E-state index contributed by atoms with van der Waals surface area (Å²) in [6, 6.07) is 5.72. The Labute approximate surface area is 132 Å². The SMILES string of the molecule is Cc1cnc(Cn2c(C(C)Cl)nc3c(Cl)cccc32)cn1. The summed E-state index contributed by atoms with van der Waals surface area (Å²) < 4.78 is 2.04. The van der Waals surface area contributed by atoms with Gasteiger partial charge in [-0.1, -0.05) is 17.7 Å². The Morgan fingerprint density at radius 1 is 1.24 bits per heavy atom. The van der Waals surface area contributed by atoms with Crippen molar-refractivity contribution in [3.63, 3.8) is 0 Å². The number of hydrogen-bond acceptors (Lipinski definition) is 3. The van der Waals surface area contributed by atoms with E-state index in [0.29, 0.717) is 11.6 Å². The highest BCUT2D eigenvalue weighted by Crippen LogP contribution is 2.29. The predicted octanol–water partition coefficient (Wildman–Crippen LogP) is 4.14. The lowest BCUT2D eigenvalue weighted by Gasteiger charge is -2.10. The van der Waals surface area contributed by atoms with Gasteiger partial charge in [0.1, 0.15) is 11.3 Å². The zero-order valence-electron chi connectivity index (χ0n) is 11.7. The van der Waals surface area contributed by atoms with Crippen LogP contribution in [0, 0.1) is 6.92 Å². The van der Waals surface area contributed by atoms with Gasteiger partial charge in [-0.2, -0.15) is 0 Å². The number of halogens is 2. The molecular formula is C15H14Cl2N4. The second-order valence-corrected chi connectivity index (χ2v) is 5.99. The fourth-order valence-electron chi connectivity index (χ4n) is 2.26. The molecule has 3 aromatic rings. The third kappa shape index (κ3) is 2.74. The minimum absolute atomic E-state index is 0.216. The van der Waals surface area contributed by atoms with E-state index in [4.69, 9.17) is 23.2 Å². The van der Waals surface area contributed by atoms with Crippen LogP contribution in [0.5, 0.6) is 0 Å². The minimum atomic E-state index is -0.216. The summed E-state index contributed by atoms with van der Waals surface area (Å²) in [7, 11) is 0. The van der Waals surface area contributed by atoms with Crippen molar-refractivity contribution in [2.24, 2.45) is 0 Å². The number of benzene rings is 1. The van der Waals surface area contributed by atoms with Gasteiger partial charge < -0.3 is 4.57 Å². The lowest BCUT2D eigenvalue weighted by atomic mass is 10.3. The van der Waals surface area contributed by atoms with E-state index in [-0.39, 0.29) is 5.38 Å². The minimum Gasteiger partial charge on any atom is -0.321 e. The lowest BCUT2D eigenvalue weighted by Crippen LogP contribution is -2.07. The number of alkyl halides is 1. The van der Waals surface area contributed by atoms with Gasteiger partial charge in [0.25, 0.3) is 0 Å². The Balaban J connectivity index is 2.13. The number of aryl methyl sites for hydroxylation is 1. The highest BCUT2D eigenvalue weighted by Gasteiger charge is 2.17. The first kappa shape index (κ1) is 14.3. The van der Waals surface area contributed by atoms with Gasteiger partial charge in [-0.3, -0.25) is 9.97 Å². The van der Waals surface area contributed by atoms with Crippen LogP contribution in [-0.4, -0.2) is 19.5 Å². The molecule has 0 saturated heterocycles. The summed E-state index contributed by atoms with van der Waals surface area (Å²) in [5.74, 6) is 0.780. The van der Waals surface area contributed by atoms with Crippen LogP contribution >= 0.6 is 23.2 Å². The molecule has 0 saturated carbocycles. The number of rotatable bonds is 3. The average Bonchev–Trinajstić information content (AvgIpc) is 2.82. The lowest BCUT2D eigenvalue weighted by molar-refractivity contribution is 0.722. The number of imidazole rings is 1. The van der Waals surface area contributed by atoms with Crippen LogP contribution in [0.25, 0.3) is 11.0 Å². The third-order valence-corrected chi connectivity index (χ3v) is 3.77. The number of para-hydroxylation sites is 1. The first-order valence-electron chi connectivity index (χ1n) is 6.62. The maximum absolute atomic E-state index is 6.26. The second kappa shape index (κ2) is 5.62. The Morgan fingerprint density at radius 2 is 2.05 bits per heavy atom. The first-order chi connectivity index (χ1) is 10.1. The van der Waals surface area contributed by atoms with E-state index in [9.17, 15) is 0 Å². The van der Waals surface area contributed by atoms with Gasteiger partial charge in [0.05, 0.1) is 40.0 Å². The quantitative estimate of drug-likeness (QED) is 0.681. The molecule has 6 heteroatoms. The number of aromatic nitrogens is 4. The molecule has 21 heavy (non-hydrogen) atoms. The summed E-state index contributed by atoms with van der Waals surface area (Å²) >= 11 is 12.5. The molecular weight excluding hydrogens is 307 g/mol. The summed E-state index contributed by atoms with van der Waals surface area (Å²) in [6.45, 7) is 4.37. The summed E-state index contributed by atoms with van der Waals surface area (Å²) in [4.78, 5) is 13.2. The number of hydrogen-bond donors (Lipinski definition) is 0. The zero-order chi connectivity index (χ0) is 15.0. The standard InChI is InChI=1S/C15H14Cl2N4/c1-9-6-19-11(7-18-9)8-21-13-5-3-4-12(17)14(13)20-15(21)10(2)16/h3-7,10H,8H2,1-2H3. The molecule has 0 aliphatic carbocycles. The Bertz CT molecular complexity index is 778. The number of fused-ring (bicyclic) bond motifs is 1. The summed E-state index contributed by atoms with van der Waals surface area (Å²) in [5, 5.41) is 0.409. The van der Waals surface area contributed by atoms with E-state index in [1.54, 1.807) is 12.4 Å². The zero-order valence-corrected chi connectivity index (χ0v) is 13.2. The van der Waals surface area contributed by atoms with Gasteiger partial charge in [0.15, 0.2) is 0 Å². The Morgan fingerprint density at radius 3 is 2.71 bits per heavy atom. The first-order valence-corrected chi connectivity index (χ1v) is 7.44. The van der Waals surface area contributed by atoms with E-state index < -0.39 is 0 Å². The highest BCUT2D eigenvalue weighted by atomic mass is 35.5. The molecule has 0 N–H and O–H groups in total. The molecule has 0 fully saturated rings. The van der Waals surface area contributed by atoms with Crippen LogP contribution in [0.3, 0.4) is 0 Å². The average molecular weight is 321 g/mol. The fraction of sp³-hybridized carbons (Fsp3) is 0.267. The van der Waals surface area contributed by atoms with Crippen molar-refractivity contribution in [2.75, 3.05) is 0 Å².